The van der Waals surface area contributed by atoms with Crippen LogP contribution in [0.25, 0.3) is 0 Å². The molecule has 0 heterocycles. The predicted octanol–water partition coefficient (Wildman–Crippen LogP) is 6.25. The van der Waals surface area contributed by atoms with Crippen molar-refractivity contribution in [3.63, 3.8) is 0 Å². The lowest BCUT2D eigenvalue weighted by Crippen LogP contribution is -2.23. The number of hydrogen-bond donors (Lipinski definition) is 0. The van der Waals surface area contributed by atoms with E-state index in [9.17, 15) is 0 Å². The van der Waals surface area contributed by atoms with Crippen LogP contribution >= 0.6 is 0 Å². The van der Waals surface area contributed by atoms with Crippen molar-refractivity contribution in [2.45, 2.75) is 104 Å². The molecule has 0 saturated carbocycles. The van der Waals surface area contributed by atoms with Crippen molar-refractivity contribution in [1.29, 1.82) is 0 Å². The van der Waals surface area contributed by atoms with Gasteiger partial charge in [0.1, 0.15) is 0 Å². The maximum absolute atomic E-state index is 5.92. The van der Waals surface area contributed by atoms with Crippen molar-refractivity contribution in [3.8, 4) is 0 Å². The number of rotatable bonds is 17. The summed E-state index contributed by atoms with van der Waals surface area (Å²) < 4.78 is 11.8. The van der Waals surface area contributed by atoms with E-state index in [4.69, 9.17) is 8.85 Å². The third kappa shape index (κ3) is 16.3. The zero-order valence-corrected chi connectivity index (χ0v) is 15.9. The Bertz CT molecular complexity index is 170. The molecule has 2 nitrogen and oxygen atoms in total. The summed E-state index contributed by atoms with van der Waals surface area (Å²) in [5.74, 6) is 0. The van der Waals surface area contributed by atoms with E-state index in [1.54, 1.807) is 0 Å². The van der Waals surface area contributed by atoms with E-state index in [2.05, 4.69) is 20.8 Å². The van der Waals surface area contributed by atoms with Gasteiger partial charge in [0.15, 0.2) is 0 Å². The third-order valence-electron chi connectivity index (χ3n) is 3.81. The fourth-order valence-electron chi connectivity index (χ4n) is 2.38. The third-order valence-corrected chi connectivity index (χ3v) is 5.44. The van der Waals surface area contributed by atoms with Crippen molar-refractivity contribution < 1.29 is 8.85 Å². The fraction of sp³-hybridized carbons (Fsp3) is 1.00. The van der Waals surface area contributed by atoms with Crippen molar-refractivity contribution in [2.75, 3.05) is 13.2 Å². The normalized spacial score (nSPS) is 11.4. The smallest absolute Gasteiger partial charge is 0.384 e. The Morgan fingerprint density at radius 1 is 0.524 bits per heavy atom. The van der Waals surface area contributed by atoms with Gasteiger partial charge in [-0.1, -0.05) is 85.0 Å². The van der Waals surface area contributed by atoms with Crippen LogP contribution in [0.4, 0.5) is 0 Å². The summed E-state index contributed by atoms with van der Waals surface area (Å²) in [6.07, 6.45) is 16.0. The molecule has 0 aromatic heterocycles. The molecule has 0 aromatic carbocycles. The molecule has 0 N–H and O–H groups in total. The monoisotopic (exact) mass is 315 g/mol. The van der Waals surface area contributed by atoms with E-state index < -0.39 is 9.28 Å². The van der Waals surface area contributed by atoms with Gasteiger partial charge in [0.2, 0.25) is 0 Å². The summed E-state index contributed by atoms with van der Waals surface area (Å²) in [7, 11) is -0.978. The van der Waals surface area contributed by atoms with E-state index in [0.29, 0.717) is 0 Å². The highest BCUT2D eigenvalue weighted by Crippen LogP contribution is 2.08. The first-order valence-electron chi connectivity index (χ1n) is 9.46. The Morgan fingerprint density at radius 3 is 1.29 bits per heavy atom. The van der Waals surface area contributed by atoms with E-state index in [0.717, 1.165) is 19.3 Å². The largest absolute Gasteiger partial charge is 0.393 e. The van der Waals surface area contributed by atoms with E-state index in [1.807, 2.05) is 0 Å². The second-order valence-electron chi connectivity index (χ2n) is 5.96. The molecule has 0 unspecified atom stereocenters. The van der Waals surface area contributed by atoms with Crippen LogP contribution in [0.2, 0.25) is 6.04 Å². The van der Waals surface area contributed by atoms with Crippen molar-refractivity contribution in [1.82, 2.24) is 0 Å². The first kappa shape index (κ1) is 21.1. The fourth-order valence-corrected chi connectivity index (χ4v) is 3.62. The Labute approximate surface area is 135 Å². The summed E-state index contributed by atoms with van der Waals surface area (Å²) in [6.45, 7) is 8.53. The summed E-state index contributed by atoms with van der Waals surface area (Å²) >= 11 is 0. The molecule has 21 heavy (non-hydrogen) atoms. The van der Waals surface area contributed by atoms with Crippen molar-refractivity contribution in [2.24, 2.45) is 0 Å². The van der Waals surface area contributed by atoms with Crippen molar-refractivity contribution >= 4 is 9.28 Å². The van der Waals surface area contributed by atoms with Crippen LogP contribution in [0.1, 0.15) is 97.8 Å². The van der Waals surface area contributed by atoms with E-state index >= 15 is 0 Å². The predicted molar refractivity (Wildman–Crippen MR) is 94.9 cm³/mol. The average Bonchev–Trinajstić information content (AvgIpc) is 2.51. The van der Waals surface area contributed by atoms with Crippen LogP contribution < -0.4 is 0 Å². The van der Waals surface area contributed by atoms with Crippen LogP contribution in [0.15, 0.2) is 0 Å². The van der Waals surface area contributed by atoms with Gasteiger partial charge in [0, 0.05) is 13.2 Å². The van der Waals surface area contributed by atoms with E-state index in [-0.39, 0.29) is 0 Å². The molecule has 3 heteroatoms. The van der Waals surface area contributed by atoms with Gasteiger partial charge in [-0.3, -0.25) is 0 Å². The molecule has 127 valence electrons. The molecular formula is C18H39O2Si. The molecule has 0 fully saturated rings. The molecule has 0 aromatic rings. The molecule has 0 aliphatic rings. The summed E-state index contributed by atoms with van der Waals surface area (Å²) in [5, 5.41) is 0. The van der Waals surface area contributed by atoms with Crippen LogP contribution in [-0.4, -0.2) is 22.5 Å². The minimum absolute atomic E-state index is 0.908. The Hall–Kier alpha value is 0.137. The average molecular weight is 316 g/mol. The SMILES string of the molecule is CCCCCCCCO[Si](CC)OCCCCCCCC. The summed E-state index contributed by atoms with van der Waals surface area (Å²) in [4.78, 5) is 0. The molecule has 0 bridgehead atoms. The number of hydrogen-bond acceptors (Lipinski definition) is 2. The first-order chi connectivity index (χ1) is 10.3. The van der Waals surface area contributed by atoms with Gasteiger partial charge in [-0.05, 0) is 18.9 Å². The molecule has 1 radical (unpaired) electrons. The molecule has 0 spiro atoms. The minimum atomic E-state index is -0.978. The molecule has 0 amide bonds. The van der Waals surface area contributed by atoms with Crippen LogP contribution in [0, 0.1) is 0 Å². The summed E-state index contributed by atoms with van der Waals surface area (Å²) in [5.41, 5.74) is 0. The van der Waals surface area contributed by atoms with Crippen LogP contribution in [-0.2, 0) is 8.85 Å². The minimum Gasteiger partial charge on any atom is -0.393 e. The lowest BCUT2D eigenvalue weighted by atomic mass is 10.1. The molecule has 0 saturated heterocycles. The first-order valence-corrected chi connectivity index (χ1v) is 11.0. The molecule has 0 atom stereocenters. The highest BCUT2D eigenvalue weighted by atomic mass is 28.3. The van der Waals surface area contributed by atoms with Gasteiger partial charge < -0.3 is 8.85 Å². The summed E-state index contributed by atoms with van der Waals surface area (Å²) in [6, 6.07) is 1.07. The maximum atomic E-state index is 5.92. The lowest BCUT2D eigenvalue weighted by molar-refractivity contribution is 0.190. The van der Waals surface area contributed by atoms with Gasteiger partial charge in [-0.25, -0.2) is 0 Å². The number of unbranched alkanes of at least 4 members (excludes halogenated alkanes) is 10. The molecule has 0 rings (SSSR count). The second kappa shape index (κ2) is 18.2. The molecule has 0 aliphatic carbocycles. The Balaban J connectivity index is 3.29. The highest BCUT2D eigenvalue weighted by Gasteiger charge is 2.12. The van der Waals surface area contributed by atoms with Gasteiger partial charge in [0.05, 0.1) is 0 Å². The molecule has 0 aliphatic heterocycles. The maximum Gasteiger partial charge on any atom is 0.384 e. The van der Waals surface area contributed by atoms with Gasteiger partial charge in [0.25, 0.3) is 0 Å². The Morgan fingerprint density at radius 2 is 0.905 bits per heavy atom. The zero-order chi connectivity index (χ0) is 15.6. The van der Waals surface area contributed by atoms with Gasteiger partial charge in [-0.15, -0.1) is 0 Å². The lowest BCUT2D eigenvalue weighted by Gasteiger charge is -2.13. The second-order valence-corrected chi connectivity index (χ2v) is 7.99. The van der Waals surface area contributed by atoms with Crippen LogP contribution in [0.5, 0.6) is 0 Å². The topological polar surface area (TPSA) is 18.5 Å². The quantitative estimate of drug-likeness (QED) is 0.233. The standard InChI is InChI=1S/C18H39O2Si/c1-4-7-9-11-13-15-17-19-21(6-3)20-18-16-14-12-10-8-5-2/h4-18H2,1-3H3. The van der Waals surface area contributed by atoms with Crippen LogP contribution in [0.3, 0.4) is 0 Å². The van der Waals surface area contributed by atoms with Gasteiger partial charge in [-0.2, -0.15) is 0 Å². The van der Waals surface area contributed by atoms with E-state index in [1.165, 1.54) is 77.0 Å². The zero-order valence-electron chi connectivity index (χ0n) is 14.9. The van der Waals surface area contributed by atoms with Gasteiger partial charge >= 0.3 is 9.28 Å². The highest BCUT2D eigenvalue weighted by molar-refractivity contribution is 6.44. The van der Waals surface area contributed by atoms with Crippen molar-refractivity contribution in [3.05, 3.63) is 0 Å². The molecular weight excluding hydrogens is 276 g/mol. The Kier molecular flexibility index (Phi) is 18.3.